The van der Waals surface area contributed by atoms with Crippen molar-refractivity contribution in [1.82, 2.24) is 4.90 Å². The van der Waals surface area contributed by atoms with E-state index in [1.165, 1.54) is 5.56 Å². The number of hydrogen-bond donors (Lipinski definition) is 1. The van der Waals surface area contributed by atoms with Crippen LogP contribution < -0.4 is 5.32 Å². The minimum atomic E-state index is -0.0124. The summed E-state index contributed by atoms with van der Waals surface area (Å²) in [5.74, 6) is -0.0124. The molecule has 1 aliphatic rings. The van der Waals surface area contributed by atoms with Crippen LogP contribution in [-0.4, -0.2) is 49.8 Å². The van der Waals surface area contributed by atoms with Gasteiger partial charge in [0.25, 0.3) is 0 Å². The molecule has 1 heterocycles. The van der Waals surface area contributed by atoms with E-state index in [4.69, 9.17) is 9.47 Å². The molecule has 0 atom stereocenters. The van der Waals surface area contributed by atoms with E-state index in [0.717, 1.165) is 38.5 Å². The van der Waals surface area contributed by atoms with Crippen LogP contribution >= 0.6 is 0 Å². The zero-order chi connectivity index (χ0) is 15.8. The van der Waals surface area contributed by atoms with Crippen LogP contribution in [0.3, 0.4) is 0 Å². The normalized spacial score (nSPS) is 16.0. The highest BCUT2D eigenvalue weighted by atomic mass is 16.5. The van der Waals surface area contributed by atoms with E-state index in [1.807, 2.05) is 26.0 Å². The van der Waals surface area contributed by atoms with Crippen LogP contribution in [-0.2, 0) is 20.8 Å². The zero-order valence-electron chi connectivity index (χ0n) is 13.5. The van der Waals surface area contributed by atoms with Gasteiger partial charge in [-0.3, -0.25) is 9.69 Å². The molecule has 122 valence electrons. The second-order valence-electron chi connectivity index (χ2n) is 5.80. The Balaban J connectivity index is 1.75. The smallest absolute Gasteiger partial charge is 0.226 e. The van der Waals surface area contributed by atoms with Gasteiger partial charge in [-0.05, 0) is 31.5 Å². The highest BCUT2D eigenvalue weighted by molar-refractivity contribution is 5.90. The lowest BCUT2D eigenvalue weighted by molar-refractivity contribution is -0.117. The first-order valence-corrected chi connectivity index (χ1v) is 7.94. The Kier molecular flexibility index (Phi) is 6.83. The maximum Gasteiger partial charge on any atom is 0.226 e. The van der Waals surface area contributed by atoms with Crippen LogP contribution in [0.4, 0.5) is 5.69 Å². The molecule has 2 rings (SSSR count). The number of carbonyl (C=O) groups excluding carboxylic acids is 1. The summed E-state index contributed by atoms with van der Waals surface area (Å²) < 4.78 is 10.7. The molecule has 1 amide bonds. The predicted octanol–water partition coefficient (Wildman–Crippen LogP) is 2.27. The number of amides is 1. The molecule has 22 heavy (non-hydrogen) atoms. The Hall–Kier alpha value is -1.43. The summed E-state index contributed by atoms with van der Waals surface area (Å²) in [6.07, 6.45) is 0.542. The van der Waals surface area contributed by atoms with Crippen molar-refractivity contribution >= 4 is 11.6 Å². The third-order valence-electron chi connectivity index (χ3n) is 3.53. The van der Waals surface area contributed by atoms with Crippen molar-refractivity contribution in [3.05, 3.63) is 29.8 Å². The predicted molar refractivity (Wildman–Crippen MR) is 86.9 cm³/mol. The van der Waals surface area contributed by atoms with Gasteiger partial charge in [-0.15, -0.1) is 0 Å². The van der Waals surface area contributed by atoms with E-state index >= 15 is 0 Å². The lowest BCUT2D eigenvalue weighted by Crippen LogP contribution is -2.35. The van der Waals surface area contributed by atoms with Crippen LogP contribution in [0.5, 0.6) is 0 Å². The van der Waals surface area contributed by atoms with Gasteiger partial charge in [-0.1, -0.05) is 12.1 Å². The Bertz CT molecular complexity index is 453. The molecule has 1 aliphatic heterocycles. The van der Waals surface area contributed by atoms with Crippen molar-refractivity contribution in [1.29, 1.82) is 0 Å². The van der Waals surface area contributed by atoms with E-state index in [2.05, 4.69) is 22.3 Å². The first-order valence-electron chi connectivity index (χ1n) is 7.94. The van der Waals surface area contributed by atoms with Gasteiger partial charge in [0.15, 0.2) is 0 Å². The highest BCUT2D eigenvalue weighted by Gasteiger charge is 2.10. The van der Waals surface area contributed by atoms with Crippen molar-refractivity contribution in [2.75, 3.05) is 38.2 Å². The van der Waals surface area contributed by atoms with Crippen molar-refractivity contribution in [2.45, 2.75) is 32.9 Å². The Morgan fingerprint density at radius 3 is 2.59 bits per heavy atom. The SMILES string of the molecule is CC(C)OCCC(=O)Nc1ccc(CN2CCOCC2)cc1. The van der Waals surface area contributed by atoms with Gasteiger partial charge in [-0.2, -0.15) is 0 Å². The number of carbonyl (C=O) groups is 1. The first-order chi connectivity index (χ1) is 10.6. The second-order valence-corrected chi connectivity index (χ2v) is 5.80. The number of nitrogens with zero attached hydrogens (tertiary/aromatic N) is 1. The van der Waals surface area contributed by atoms with Crippen LogP contribution in [0.15, 0.2) is 24.3 Å². The molecular weight excluding hydrogens is 280 g/mol. The van der Waals surface area contributed by atoms with Crippen molar-refractivity contribution in [2.24, 2.45) is 0 Å². The van der Waals surface area contributed by atoms with Crippen molar-refractivity contribution in [3.63, 3.8) is 0 Å². The van der Waals surface area contributed by atoms with Crippen LogP contribution in [0, 0.1) is 0 Å². The van der Waals surface area contributed by atoms with Crippen LogP contribution in [0.2, 0.25) is 0 Å². The minimum Gasteiger partial charge on any atom is -0.379 e. The summed E-state index contributed by atoms with van der Waals surface area (Å²) in [5, 5.41) is 2.89. The molecular formula is C17H26N2O3. The monoisotopic (exact) mass is 306 g/mol. The number of morpholine rings is 1. The van der Waals surface area contributed by atoms with Gasteiger partial charge >= 0.3 is 0 Å². The van der Waals surface area contributed by atoms with Crippen molar-refractivity contribution in [3.8, 4) is 0 Å². The molecule has 1 fully saturated rings. The number of nitrogens with one attached hydrogen (secondary N) is 1. The molecule has 0 spiro atoms. The fourth-order valence-electron chi connectivity index (χ4n) is 2.32. The molecule has 0 unspecified atom stereocenters. The fourth-order valence-corrected chi connectivity index (χ4v) is 2.32. The summed E-state index contributed by atoms with van der Waals surface area (Å²) >= 11 is 0. The zero-order valence-corrected chi connectivity index (χ0v) is 13.5. The van der Waals surface area contributed by atoms with Crippen molar-refractivity contribution < 1.29 is 14.3 Å². The molecule has 1 aromatic rings. The van der Waals surface area contributed by atoms with Gasteiger partial charge < -0.3 is 14.8 Å². The standard InChI is InChI=1S/C17H26N2O3/c1-14(2)22-10-7-17(20)18-16-5-3-15(4-6-16)13-19-8-11-21-12-9-19/h3-6,14H,7-13H2,1-2H3,(H,18,20). The van der Waals surface area contributed by atoms with Gasteiger partial charge in [0, 0.05) is 25.3 Å². The largest absolute Gasteiger partial charge is 0.379 e. The quantitative estimate of drug-likeness (QED) is 0.839. The molecule has 0 aliphatic carbocycles. The fraction of sp³-hybridized carbons (Fsp3) is 0.588. The third kappa shape index (κ3) is 6.13. The molecule has 0 saturated carbocycles. The molecule has 5 nitrogen and oxygen atoms in total. The Labute approximate surface area is 132 Å². The molecule has 5 heteroatoms. The summed E-state index contributed by atoms with van der Waals surface area (Å²) in [6, 6.07) is 8.04. The van der Waals surface area contributed by atoms with Crippen LogP contribution in [0.25, 0.3) is 0 Å². The summed E-state index contributed by atoms with van der Waals surface area (Å²) in [5.41, 5.74) is 2.09. The number of ether oxygens (including phenoxy) is 2. The summed E-state index contributed by atoms with van der Waals surface area (Å²) in [6.45, 7) is 8.90. The number of benzene rings is 1. The molecule has 0 bridgehead atoms. The molecule has 0 aromatic heterocycles. The first kappa shape index (κ1) is 16.9. The van der Waals surface area contributed by atoms with Crippen LogP contribution in [0.1, 0.15) is 25.8 Å². The van der Waals surface area contributed by atoms with E-state index < -0.39 is 0 Å². The summed E-state index contributed by atoms with van der Waals surface area (Å²) in [7, 11) is 0. The number of hydrogen-bond acceptors (Lipinski definition) is 4. The van der Waals surface area contributed by atoms with E-state index in [1.54, 1.807) is 0 Å². The maximum atomic E-state index is 11.8. The topological polar surface area (TPSA) is 50.8 Å². The molecule has 1 saturated heterocycles. The average Bonchev–Trinajstić information content (AvgIpc) is 2.50. The third-order valence-corrected chi connectivity index (χ3v) is 3.53. The average molecular weight is 306 g/mol. The van der Waals surface area contributed by atoms with E-state index in [9.17, 15) is 4.79 Å². The van der Waals surface area contributed by atoms with Gasteiger partial charge in [0.2, 0.25) is 5.91 Å². The second kappa shape index (κ2) is 8.88. The number of rotatable bonds is 7. The van der Waals surface area contributed by atoms with Gasteiger partial charge in [0.05, 0.1) is 32.3 Å². The number of anilines is 1. The Morgan fingerprint density at radius 2 is 1.95 bits per heavy atom. The van der Waals surface area contributed by atoms with Gasteiger partial charge in [-0.25, -0.2) is 0 Å². The molecule has 1 aromatic carbocycles. The van der Waals surface area contributed by atoms with E-state index in [-0.39, 0.29) is 12.0 Å². The summed E-state index contributed by atoms with van der Waals surface area (Å²) in [4.78, 5) is 14.2. The molecule has 0 radical (unpaired) electrons. The molecule has 1 N–H and O–H groups in total. The Morgan fingerprint density at radius 1 is 1.27 bits per heavy atom. The lowest BCUT2D eigenvalue weighted by Gasteiger charge is -2.26. The minimum absolute atomic E-state index is 0.0124. The van der Waals surface area contributed by atoms with E-state index in [0.29, 0.717) is 13.0 Å². The highest BCUT2D eigenvalue weighted by Crippen LogP contribution is 2.12. The van der Waals surface area contributed by atoms with Gasteiger partial charge in [0.1, 0.15) is 0 Å². The lowest BCUT2D eigenvalue weighted by atomic mass is 10.2. The maximum absolute atomic E-state index is 11.8.